The molecule has 8 nitrogen and oxygen atoms in total. The minimum absolute atomic E-state index is 0.0200. The maximum Gasteiger partial charge on any atom is 0.376 e. The normalized spacial score (nSPS) is 24.9. The Morgan fingerprint density at radius 3 is 1.31 bits per heavy atom. The largest absolute Gasteiger partial charge is 0.451 e. The molecule has 2 fully saturated rings. The minimum atomic E-state index is -1.76. The number of benzene rings is 2. The highest BCUT2D eigenvalue weighted by Crippen LogP contribution is 2.36. The first-order chi connectivity index (χ1) is 15.2. The Balaban J connectivity index is 1.75. The van der Waals surface area contributed by atoms with E-state index in [0.717, 1.165) is 0 Å². The summed E-state index contributed by atoms with van der Waals surface area (Å²) in [4.78, 5) is 75.3. The molecule has 0 aliphatic carbocycles. The molecule has 0 spiro atoms. The molecule has 0 N–H and O–H groups in total. The predicted octanol–water partition coefficient (Wildman–Crippen LogP) is 2.28. The van der Waals surface area contributed by atoms with E-state index in [4.69, 9.17) is 32.7 Å². The summed E-state index contributed by atoms with van der Waals surface area (Å²) in [5.74, 6) is -10.3. The Morgan fingerprint density at radius 2 is 0.969 bits per heavy atom. The molecule has 0 bridgehead atoms. The third kappa shape index (κ3) is 3.51. The zero-order chi connectivity index (χ0) is 23.2. The molecule has 0 saturated carbocycles. The average Bonchev–Trinajstić information content (AvgIpc) is 3.23. The van der Waals surface area contributed by atoms with Crippen LogP contribution in [0.1, 0.15) is 20.7 Å². The number of ether oxygens (including phenoxy) is 2. The summed E-state index contributed by atoms with van der Waals surface area (Å²) in [7, 11) is 0. The second-order valence-corrected chi connectivity index (χ2v) is 7.93. The van der Waals surface area contributed by atoms with Crippen LogP contribution >= 0.6 is 23.2 Å². The van der Waals surface area contributed by atoms with E-state index >= 15 is 0 Å². The summed E-state index contributed by atoms with van der Waals surface area (Å²) in [6.45, 7) is 0. The lowest BCUT2D eigenvalue weighted by Gasteiger charge is -2.24. The van der Waals surface area contributed by atoms with Gasteiger partial charge in [-0.3, -0.25) is 19.2 Å². The smallest absolute Gasteiger partial charge is 0.376 e. The van der Waals surface area contributed by atoms with E-state index in [2.05, 4.69) is 0 Å². The molecule has 0 amide bonds. The van der Waals surface area contributed by atoms with Gasteiger partial charge in [0.25, 0.3) is 11.6 Å². The second-order valence-electron chi connectivity index (χ2n) is 7.11. The highest BCUT2D eigenvalue weighted by molar-refractivity contribution is 6.45. The van der Waals surface area contributed by atoms with Crippen LogP contribution in [0.5, 0.6) is 0 Å². The summed E-state index contributed by atoms with van der Waals surface area (Å²) < 4.78 is 10.1. The number of hydrogen-bond donors (Lipinski definition) is 0. The molecule has 0 aromatic heterocycles. The van der Waals surface area contributed by atoms with E-state index in [0.29, 0.717) is 0 Å². The lowest BCUT2D eigenvalue weighted by atomic mass is 9.81. The van der Waals surface area contributed by atoms with Crippen molar-refractivity contribution in [3.05, 3.63) is 69.7 Å². The molecule has 2 aliphatic heterocycles. The topological polar surface area (TPSA) is 121 Å². The number of Topliss-reactive ketones (excluding diaryl/α,β-unsaturated/α-hetero) is 4. The van der Waals surface area contributed by atoms with Gasteiger partial charge in [0.1, 0.15) is 11.8 Å². The Hall–Kier alpha value is -3.36. The van der Waals surface area contributed by atoms with Crippen LogP contribution in [0.2, 0.25) is 10.0 Å². The Bertz CT molecular complexity index is 1110. The van der Waals surface area contributed by atoms with Gasteiger partial charge in [0, 0.05) is 11.1 Å². The van der Waals surface area contributed by atoms with E-state index in [1.165, 1.54) is 36.4 Å². The summed E-state index contributed by atoms with van der Waals surface area (Å²) in [5.41, 5.74) is -0.138. The van der Waals surface area contributed by atoms with Crippen LogP contribution < -0.4 is 0 Å². The van der Waals surface area contributed by atoms with Gasteiger partial charge in [0.15, 0.2) is 23.8 Å². The van der Waals surface area contributed by atoms with Gasteiger partial charge in [-0.1, -0.05) is 47.5 Å². The first-order valence-electron chi connectivity index (χ1n) is 9.29. The van der Waals surface area contributed by atoms with Crippen LogP contribution in [0.25, 0.3) is 0 Å². The van der Waals surface area contributed by atoms with E-state index < -0.39 is 59.1 Å². The van der Waals surface area contributed by atoms with E-state index in [1.54, 1.807) is 12.1 Å². The monoisotopic (exact) mass is 474 g/mol. The zero-order valence-corrected chi connectivity index (χ0v) is 17.5. The predicted molar refractivity (Wildman–Crippen MR) is 108 cm³/mol. The molecular weight excluding hydrogens is 463 g/mol. The third-order valence-electron chi connectivity index (χ3n) is 5.28. The summed E-state index contributed by atoms with van der Waals surface area (Å²) in [5, 5.41) is 0.0400. The number of carbonyl (C=O) groups excluding carboxylic acids is 6. The fraction of sp³-hybridized carbons (Fsp3) is 0.182. The summed E-state index contributed by atoms with van der Waals surface area (Å²) in [6, 6.07) is 11.6. The van der Waals surface area contributed by atoms with Crippen molar-refractivity contribution in [1.82, 2.24) is 0 Å². The molecule has 162 valence electrons. The van der Waals surface area contributed by atoms with E-state index in [-0.39, 0.29) is 21.2 Å². The summed E-state index contributed by atoms with van der Waals surface area (Å²) in [6.07, 6.45) is -3.38. The van der Waals surface area contributed by atoms with Crippen LogP contribution in [-0.4, -0.2) is 47.3 Å². The average molecular weight is 475 g/mol. The molecule has 2 aromatic rings. The van der Waals surface area contributed by atoms with Crippen LogP contribution in [0, 0.1) is 11.8 Å². The number of cyclic esters (lactones) is 2. The van der Waals surface area contributed by atoms with E-state index in [1.807, 2.05) is 0 Å². The van der Waals surface area contributed by atoms with Crippen molar-refractivity contribution in [3.8, 4) is 0 Å². The van der Waals surface area contributed by atoms with Gasteiger partial charge >= 0.3 is 11.9 Å². The zero-order valence-electron chi connectivity index (χ0n) is 16.0. The number of carbonyl (C=O) groups is 6. The van der Waals surface area contributed by atoms with Gasteiger partial charge in [-0.25, -0.2) is 9.59 Å². The van der Waals surface area contributed by atoms with Crippen molar-refractivity contribution in [3.63, 3.8) is 0 Å². The Labute approximate surface area is 190 Å². The fourth-order valence-electron chi connectivity index (χ4n) is 3.76. The van der Waals surface area contributed by atoms with Gasteiger partial charge in [-0.15, -0.1) is 0 Å². The highest BCUT2D eigenvalue weighted by Gasteiger charge is 2.60. The Kier molecular flexibility index (Phi) is 5.66. The van der Waals surface area contributed by atoms with Crippen molar-refractivity contribution in [2.45, 2.75) is 12.2 Å². The maximum atomic E-state index is 13.1. The second kappa shape index (κ2) is 8.29. The van der Waals surface area contributed by atoms with Crippen LogP contribution in [0.3, 0.4) is 0 Å². The molecule has 0 radical (unpaired) electrons. The van der Waals surface area contributed by atoms with Crippen LogP contribution in [0.4, 0.5) is 0 Å². The van der Waals surface area contributed by atoms with Crippen LogP contribution in [0.15, 0.2) is 48.5 Å². The van der Waals surface area contributed by atoms with E-state index in [9.17, 15) is 28.8 Å². The van der Waals surface area contributed by atoms with Gasteiger partial charge in [-0.2, -0.15) is 0 Å². The summed E-state index contributed by atoms with van der Waals surface area (Å²) >= 11 is 12.1. The molecule has 4 rings (SSSR count). The van der Waals surface area contributed by atoms with Crippen molar-refractivity contribution in [2.75, 3.05) is 0 Å². The van der Waals surface area contributed by atoms with Gasteiger partial charge in [0.2, 0.25) is 0 Å². The number of rotatable bonds is 5. The maximum absolute atomic E-state index is 13.1. The molecule has 2 saturated heterocycles. The van der Waals surface area contributed by atoms with Crippen LogP contribution in [-0.2, 0) is 28.7 Å². The molecular formula is C22H12Cl2O8. The van der Waals surface area contributed by atoms with Crippen molar-refractivity contribution < 1.29 is 38.2 Å². The number of hydrogen-bond acceptors (Lipinski definition) is 8. The number of ketones is 4. The van der Waals surface area contributed by atoms with Gasteiger partial charge in [0.05, 0.1) is 10.0 Å². The lowest BCUT2D eigenvalue weighted by molar-refractivity contribution is -0.157. The molecule has 2 aromatic carbocycles. The molecule has 2 aliphatic rings. The third-order valence-corrected chi connectivity index (χ3v) is 5.94. The molecule has 0 unspecified atom stereocenters. The molecule has 2 heterocycles. The molecule has 32 heavy (non-hydrogen) atoms. The first kappa shape index (κ1) is 21.9. The SMILES string of the molecule is O=C1O[C@@H]([C@H]2OC(=O)C(=O)[C@H]2C(=O)c2ccccc2Cl)[C@H](C(=O)c2ccccc2Cl)C1=O. The van der Waals surface area contributed by atoms with Gasteiger partial charge in [-0.05, 0) is 24.3 Å². The molecule has 10 heteroatoms. The number of halogens is 2. The Morgan fingerprint density at radius 1 is 0.625 bits per heavy atom. The standard InChI is InChI=1S/C22H12Cl2O8/c23-11-7-3-1-5-9(11)15(25)13-17(27)21(29)31-19(13)20-14(18(28)22(30)32-20)16(26)10-6-2-4-8-12(10)24/h1-8,13-14,19-20H/t13-,14-,19-,20+/m1/s1. The quantitative estimate of drug-likeness (QED) is 0.280. The van der Waals surface area contributed by atoms with Crippen molar-refractivity contribution >= 4 is 58.3 Å². The van der Waals surface area contributed by atoms with Gasteiger partial charge < -0.3 is 9.47 Å². The molecule has 4 atom stereocenters. The first-order valence-corrected chi connectivity index (χ1v) is 10.0. The highest BCUT2D eigenvalue weighted by atomic mass is 35.5. The van der Waals surface area contributed by atoms with Crippen molar-refractivity contribution in [1.29, 1.82) is 0 Å². The minimum Gasteiger partial charge on any atom is -0.451 e. The fourth-order valence-corrected chi connectivity index (χ4v) is 4.22. The van der Waals surface area contributed by atoms with Crippen molar-refractivity contribution in [2.24, 2.45) is 11.8 Å². The number of esters is 2. The lowest BCUT2D eigenvalue weighted by Crippen LogP contribution is -2.44.